The van der Waals surface area contributed by atoms with Gasteiger partial charge in [0.25, 0.3) is 0 Å². The zero-order chi connectivity index (χ0) is 11.4. The van der Waals surface area contributed by atoms with Gasteiger partial charge in [-0.2, -0.15) is 0 Å². The Balaban J connectivity index is 2.20. The van der Waals surface area contributed by atoms with Gasteiger partial charge in [0.15, 0.2) is 0 Å². The summed E-state index contributed by atoms with van der Waals surface area (Å²) in [6.07, 6.45) is 6.25. The zero-order valence-electron chi connectivity index (χ0n) is 9.05. The molecule has 4 nitrogen and oxygen atoms in total. The molecule has 84 valence electrons. The van der Waals surface area contributed by atoms with Crippen LogP contribution >= 0.6 is 11.3 Å². The Bertz CT molecular complexity index is 441. The lowest BCUT2D eigenvalue weighted by Gasteiger charge is -2.16. The Morgan fingerprint density at radius 3 is 3.00 bits per heavy atom. The monoisotopic (exact) mass is 234 g/mol. The molecule has 1 atom stereocenters. The van der Waals surface area contributed by atoms with Crippen LogP contribution in [0.3, 0.4) is 0 Å². The molecule has 2 aromatic rings. The van der Waals surface area contributed by atoms with Crippen molar-refractivity contribution in [3.8, 4) is 0 Å². The minimum atomic E-state index is 0.0918. The lowest BCUT2D eigenvalue weighted by atomic mass is 10.0. The number of aryl methyl sites for hydroxylation is 1. The van der Waals surface area contributed by atoms with Crippen LogP contribution in [0.2, 0.25) is 0 Å². The van der Waals surface area contributed by atoms with E-state index in [9.17, 15) is 0 Å². The fraction of sp³-hybridized carbons (Fsp3) is 0.273. The van der Waals surface area contributed by atoms with Crippen LogP contribution in [0.15, 0.2) is 30.0 Å². The number of hydrazine groups is 1. The number of nitrogens with one attached hydrogen (secondary N) is 1. The van der Waals surface area contributed by atoms with E-state index in [1.165, 1.54) is 5.56 Å². The Kier molecular flexibility index (Phi) is 3.61. The number of aromatic nitrogens is 2. The summed E-state index contributed by atoms with van der Waals surface area (Å²) in [7, 11) is 0. The fourth-order valence-corrected chi connectivity index (χ4v) is 2.33. The third kappa shape index (κ3) is 2.44. The summed E-state index contributed by atoms with van der Waals surface area (Å²) in [5.41, 5.74) is 5.15. The fourth-order valence-electron chi connectivity index (χ4n) is 1.66. The third-order valence-corrected chi connectivity index (χ3v) is 3.30. The van der Waals surface area contributed by atoms with Gasteiger partial charge in [-0.05, 0) is 24.1 Å². The number of rotatable bonds is 4. The molecule has 1 unspecified atom stereocenters. The predicted molar refractivity (Wildman–Crippen MR) is 64.9 cm³/mol. The molecule has 3 N–H and O–H groups in total. The van der Waals surface area contributed by atoms with E-state index >= 15 is 0 Å². The molecule has 0 aliphatic carbocycles. The van der Waals surface area contributed by atoms with Crippen molar-refractivity contribution in [1.82, 2.24) is 15.4 Å². The van der Waals surface area contributed by atoms with E-state index in [4.69, 9.17) is 5.84 Å². The lowest BCUT2D eigenvalue weighted by molar-refractivity contribution is 0.547. The molecule has 0 aliphatic heterocycles. The molecule has 0 radical (unpaired) electrons. The van der Waals surface area contributed by atoms with E-state index in [1.807, 2.05) is 30.8 Å². The zero-order valence-corrected chi connectivity index (χ0v) is 9.87. The second-order valence-corrected chi connectivity index (χ2v) is 4.56. The maximum absolute atomic E-state index is 5.60. The number of pyridine rings is 1. The Labute approximate surface area is 98.5 Å². The molecular weight excluding hydrogens is 220 g/mol. The van der Waals surface area contributed by atoms with Crippen molar-refractivity contribution in [1.29, 1.82) is 0 Å². The molecule has 2 heterocycles. The first-order valence-electron chi connectivity index (χ1n) is 5.06. The molecule has 0 bridgehead atoms. The molecule has 0 aliphatic rings. The SMILES string of the molecule is Cc1cnccc1C(Cc1nccs1)NN. The van der Waals surface area contributed by atoms with Crippen LogP contribution in [-0.2, 0) is 6.42 Å². The third-order valence-electron chi connectivity index (χ3n) is 2.50. The highest BCUT2D eigenvalue weighted by molar-refractivity contribution is 7.09. The van der Waals surface area contributed by atoms with Crippen molar-refractivity contribution < 1.29 is 0 Å². The van der Waals surface area contributed by atoms with Gasteiger partial charge in [-0.1, -0.05) is 0 Å². The average Bonchev–Trinajstić information content (AvgIpc) is 2.80. The topological polar surface area (TPSA) is 63.8 Å². The van der Waals surface area contributed by atoms with Gasteiger partial charge in [0.1, 0.15) is 0 Å². The maximum Gasteiger partial charge on any atom is 0.0944 e. The highest BCUT2D eigenvalue weighted by Crippen LogP contribution is 2.21. The Morgan fingerprint density at radius 2 is 2.38 bits per heavy atom. The summed E-state index contributed by atoms with van der Waals surface area (Å²) in [6.45, 7) is 2.04. The standard InChI is InChI=1S/C11H14N4S/c1-8-7-13-3-2-9(8)10(15-12)6-11-14-4-5-16-11/h2-5,7,10,15H,6,12H2,1H3. The van der Waals surface area contributed by atoms with Crippen LogP contribution in [0.4, 0.5) is 0 Å². The summed E-state index contributed by atoms with van der Waals surface area (Å²) >= 11 is 1.64. The molecular formula is C11H14N4S. The summed E-state index contributed by atoms with van der Waals surface area (Å²) < 4.78 is 0. The first-order valence-corrected chi connectivity index (χ1v) is 5.94. The Morgan fingerprint density at radius 1 is 1.50 bits per heavy atom. The smallest absolute Gasteiger partial charge is 0.0944 e. The van der Waals surface area contributed by atoms with Crippen molar-refractivity contribution in [2.45, 2.75) is 19.4 Å². The number of nitrogens with zero attached hydrogens (tertiary/aromatic N) is 2. The minimum Gasteiger partial charge on any atom is -0.271 e. The van der Waals surface area contributed by atoms with Crippen molar-refractivity contribution in [2.24, 2.45) is 5.84 Å². The Hall–Kier alpha value is -1.30. The number of hydrogen-bond acceptors (Lipinski definition) is 5. The molecule has 0 aromatic carbocycles. The normalized spacial score (nSPS) is 12.6. The van der Waals surface area contributed by atoms with Crippen LogP contribution in [-0.4, -0.2) is 9.97 Å². The van der Waals surface area contributed by atoms with E-state index in [2.05, 4.69) is 15.4 Å². The quantitative estimate of drug-likeness (QED) is 0.623. The van der Waals surface area contributed by atoms with E-state index in [-0.39, 0.29) is 6.04 Å². The first-order chi connectivity index (χ1) is 7.81. The van der Waals surface area contributed by atoms with Crippen molar-refractivity contribution in [3.05, 3.63) is 46.2 Å². The average molecular weight is 234 g/mol. The largest absolute Gasteiger partial charge is 0.271 e. The van der Waals surface area contributed by atoms with Gasteiger partial charge >= 0.3 is 0 Å². The van der Waals surface area contributed by atoms with Gasteiger partial charge in [0, 0.05) is 30.4 Å². The van der Waals surface area contributed by atoms with E-state index in [0.29, 0.717) is 0 Å². The van der Waals surface area contributed by atoms with Crippen molar-refractivity contribution in [2.75, 3.05) is 0 Å². The minimum absolute atomic E-state index is 0.0918. The van der Waals surface area contributed by atoms with Gasteiger partial charge in [-0.15, -0.1) is 11.3 Å². The molecule has 2 rings (SSSR count). The highest BCUT2D eigenvalue weighted by Gasteiger charge is 2.13. The number of thiazole rings is 1. The summed E-state index contributed by atoms with van der Waals surface area (Å²) in [6, 6.07) is 2.09. The van der Waals surface area contributed by atoms with Crippen LogP contribution < -0.4 is 11.3 Å². The lowest BCUT2D eigenvalue weighted by Crippen LogP contribution is -2.30. The molecule has 5 heteroatoms. The summed E-state index contributed by atoms with van der Waals surface area (Å²) in [5, 5.41) is 3.06. The van der Waals surface area contributed by atoms with Crippen molar-refractivity contribution >= 4 is 11.3 Å². The maximum atomic E-state index is 5.60. The van der Waals surface area contributed by atoms with Gasteiger partial charge in [0.2, 0.25) is 0 Å². The molecule has 0 saturated carbocycles. The van der Waals surface area contributed by atoms with E-state index < -0.39 is 0 Å². The second kappa shape index (κ2) is 5.16. The van der Waals surface area contributed by atoms with Gasteiger partial charge < -0.3 is 0 Å². The molecule has 0 fully saturated rings. The van der Waals surface area contributed by atoms with Crippen LogP contribution in [0, 0.1) is 6.92 Å². The van der Waals surface area contributed by atoms with E-state index in [1.54, 1.807) is 17.5 Å². The van der Waals surface area contributed by atoms with Crippen molar-refractivity contribution in [3.63, 3.8) is 0 Å². The summed E-state index contributed by atoms with van der Waals surface area (Å²) in [5.74, 6) is 5.60. The molecule has 0 spiro atoms. The predicted octanol–water partition coefficient (Wildman–Crippen LogP) is 1.59. The molecule has 16 heavy (non-hydrogen) atoms. The molecule has 2 aromatic heterocycles. The first kappa shape index (κ1) is 11.2. The van der Waals surface area contributed by atoms with Crippen LogP contribution in [0.5, 0.6) is 0 Å². The van der Waals surface area contributed by atoms with Gasteiger partial charge in [-0.3, -0.25) is 16.3 Å². The van der Waals surface area contributed by atoms with Gasteiger partial charge in [0.05, 0.1) is 11.0 Å². The number of hydrogen-bond donors (Lipinski definition) is 2. The molecule has 0 saturated heterocycles. The second-order valence-electron chi connectivity index (χ2n) is 3.58. The van der Waals surface area contributed by atoms with Crippen LogP contribution in [0.1, 0.15) is 22.2 Å². The molecule has 0 amide bonds. The van der Waals surface area contributed by atoms with Gasteiger partial charge in [-0.25, -0.2) is 4.98 Å². The number of nitrogens with two attached hydrogens (primary N) is 1. The van der Waals surface area contributed by atoms with Crippen LogP contribution in [0.25, 0.3) is 0 Å². The highest BCUT2D eigenvalue weighted by atomic mass is 32.1. The summed E-state index contributed by atoms with van der Waals surface area (Å²) in [4.78, 5) is 8.34. The van der Waals surface area contributed by atoms with E-state index in [0.717, 1.165) is 17.0 Å².